The van der Waals surface area contributed by atoms with Crippen molar-refractivity contribution in [3.8, 4) is 22.3 Å². The summed E-state index contributed by atoms with van der Waals surface area (Å²) in [7, 11) is 0. The molecule has 0 unspecified atom stereocenters. The molecular formula is C19H11F4I. The first-order valence-electron chi connectivity index (χ1n) is 7.08. The normalized spacial score (nSPS) is 10.9. The fourth-order valence-electron chi connectivity index (χ4n) is 2.48. The molecule has 0 aliphatic carbocycles. The average molecular weight is 442 g/mol. The van der Waals surface area contributed by atoms with Gasteiger partial charge in [0.1, 0.15) is 23.3 Å². The van der Waals surface area contributed by atoms with Crippen molar-refractivity contribution < 1.29 is 17.6 Å². The predicted molar refractivity (Wildman–Crippen MR) is 94.6 cm³/mol. The van der Waals surface area contributed by atoms with Gasteiger partial charge < -0.3 is 0 Å². The smallest absolute Gasteiger partial charge is 0.140 e. The van der Waals surface area contributed by atoms with Crippen LogP contribution in [0, 0.1) is 33.8 Å². The Morgan fingerprint density at radius 1 is 0.625 bits per heavy atom. The molecule has 0 fully saturated rings. The van der Waals surface area contributed by atoms with E-state index in [1.807, 2.05) is 0 Å². The highest BCUT2D eigenvalue weighted by molar-refractivity contribution is 14.1. The monoisotopic (exact) mass is 442 g/mol. The van der Waals surface area contributed by atoms with Crippen molar-refractivity contribution in [2.75, 3.05) is 0 Å². The molecule has 0 amide bonds. The largest absolute Gasteiger partial charge is 0.206 e. The Morgan fingerprint density at radius 3 is 1.71 bits per heavy atom. The van der Waals surface area contributed by atoms with Crippen molar-refractivity contribution in [3.63, 3.8) is 0 Å². The summed E-state index contributed by atoms with van der Waals surface area (Å²) in [5, 5.41) is 0. The maximum Gasteiger partial charge on any atom is 0.140 e. The molecule has 24 heavy (non-hydrogen) atoms. The summed E-state index contributed by atoms with van der Waals surface area (Å²) in [5.41, 5.74) is 1.55. The zero-order chi connectivity index (χ0) is 17.4. The third-order valence-electron chi connectivity index (χ3n) is 3.70. The van der Waals surface area contributed by atoms with Crippen LogP contribution in [-0.2, 0) is 0 Å². The fraction of sp³-hybridized carbons (Fsp3) is 0.0526. The summed E-state index contributed by atoms with van der Waals surface area (Å²) in [6.07, 6.45) is 0. The Balaban J connectivity index is 2.08. The van der Waals surface area contributed by atoms with Gasteiger partial charge in [0.05, 0.1) is 3.57 Å². The number of hydrogen-bond acceptors (Lipinski definition) is 0. The molecule has 0 aliphatic heterocycles. The molecule has 0 atom stereocenters. The quantitative estimate of drug-likeness (QED) is 0.242. The van der Waals surface area contributed by atoms with Crippen LogP contribution in [0.15, 0.2) is 48.5 Å². The van der Waals surface area contributed by atoms with Crippen LogP contribution in [0.3, 0.4) is 0 Å². The molecule has 5 heteroatoms. The van der Waals surface area contributed by atoms with Gasteiger partial charge in [-0.2, -0.15) is 0 Å². The summed E-state index contributed by atoms with van der Waals surface area (Å²) < 4.78 is 55.6. The zero-order valence-electron chi connectivity index (χ0n) is 12.5. The minimum absolute atomic E-state index is 0.0560. The second-order valence-electron chi connectivity index (χ2n) is 5.43. The van der Waals surface area contributed by atoms with Gasteiger partial charge in [-0.25, -0.2) is 17.6 Å². The Hall–Kier alpha value is -1.89. The second-order valence-corrected chi connectivity index (χ2v) is 6.51. The van der Waals surface area contributed by atoms with Crippen molar-refractivity contribution >= 4 is 22.6 Å². The molecule has 0 N–H and O–H groups in total. The van der Waals surface area contributed by atoms with E-state index >= 15 is 0 Å². The lowest BCUT2D eigenvalue weighted by Gasteiger charge is -2.09. The van der Waals surface area contributed by atoms with E-state index in [-0.39, 0.29) is 20.3 Å². The van der Waals surface area contributed by atoms with Crippen molar-refractivity contribution in [3.05, 3.63) is 80.9 Å². The Kier molecular flexibility index (Phi) is 4.62. The predicted octanol–water partition coefficient (Wildman–Crippen LogP) is 6.49. The lowest BCUT2D eigenvalue weighted by atomic mass is 9.98. The number of aryl methyl sites for hydroxylation is 1. The standard InChI is InChI=1S/C19H11F4I/c1-10-2-4-13(15(20)6-10)11-3-5-14(16(21)7-11)12-8-17(22)19(24)18(23)9-12/h2-9H,1H3. The molecule has 3 rings (SSSR count). The van der Waals surface area contributed by atoms with Gasteiger partial charge in [-0.1, -0.05) is 24.3 Å². The van der Waals surface area contributed by atoms with Gasteiger partial charge in [0.2, 0.25) is 0 Å². The van der Waals surface area contributed by atoms with Gasteiger partial charge in [0.15, 0.2) is 0 Å². The third-order valence-corrected chi connectivity index (χ3v) is 4.73. The maximum atomic E-state index is 14.4. The van der Waals surface area contributed by atoms with E-state index in [9.17, 15) is 17.6 Å². The van der Waals surface area contributed by atoms with E-state index in [1.165, 1.54) is 18.2 Å². The minimum atomic E-state index is -0.751. The fourth-order valence-corrected chi connectivity index (χ4v) is 2.79. The number of hydrogen-bond donors (Lipinski definition) is 0. The highest BCUT2D eigenvalue weighted by atomic mass is 127. The molecule has 0 radical (unpaired) electrons. The SMILES string of the molecule is Cc1ccc(-c2ccc(-c3cc(F)c(I)c(F)c3)c(F)c2)c(F)c1. The van der Waals surface area contributed by atoms with E-state index in [0.29, 0.717) is 5.56 Å². The Bertz CT molecular complexity index is 912. The number of halogens is 5. The maximum absolute atomic E-state index is 14.4. The van der Waals surface area contributed by atoms with E-state index in [1.54, 1.807) is 41.6 Å². The first-order chi connectivity index (χ1) is 11.4. The van der Waals surface area contributed by atoms with Gasteiger partial charge in [-0.05, 0) is 70.5 Å². The van der Waals surface area contributed by atoms with Gasteiger partial charge in [0.25, 0.3) is 0 Å². The van der Waals surface area contributed by atoms with Crippen molar-refractivity contribution in [2.45, 2.75) is 6.92 Å². The molecule has 3 aromatic rings. The average Bonchev–Trinajstić information content (AvgIpc) is 2.52. The van der Waals surface area contributed by atoms with Crippen LogP contribution in [0.25, 0.3) is 22.3 Å². The van der Waals surface area contributed by atoms with Crippen LogP contribution in [0.4, 0.5) is 17.6 Å². The third kappa shape index (κ3) is 3.17. The molecule has 3 aromatic carbocycles. The van der Waals surface area contributed by atoms with Gasteiger partial charge in [0, 0.05) is 11.1 Å². The summed E-state index contributed by atoms with van der Waals surface area (Å²) >= 11 is 1.55. The summed E-state index contributed by atoms with van der Waals surface area (Å²) in [6.45, 7) is 1.76. The Morgan fingerprint density at radius 2 is 1.12 bits per heavy atom. The van der Waals surface area contributed by atoms with Crippen molar-refractivity contribution in [2.24, 2.45) is 0 Å². The molecule has 0 spiro atoms. The molecule has 0 bridgehead atoms. The summed E-state index contributed by atoms with van der Waals surface area (Å²) in [5.74, 6) is -2.63. The van der Waals surface area contributed by atoms with E-state index in [2.05, 4.69) is 0 Å². The van der Waals surface area contributed by atoms with Crippen molar-refractivity contribution in [1.82, 2.24) is 0 Å². The van der Waals surface area contributed by atoms with Crippen LogP contribution >= 0.6 is 22.6 Å². The summed E-state index contributed by atoms with van der Waals surface area (Å²) in [4.78, 5) is 0. The Labute approximate surface area is 150 Å². The van der Waals surface area contributed by atoms with E-state index < -0.39 is 23.3 Å². The molecule has 122 valence electrons. The molecule has 0 heterocycles. The van der Waals surface area contributed by atoms with Gasteiger partial charge in [-0.3, -0.25) is 0 Å². The van der Waals surface area contributed by atoms with E-state index in [0.717, 1.165) is 23.8 Å². The first-order valence-corrected chi connectivity index (χ1v) is 8.15. The van der Waals surface area contributed by atoms with Crippen LogP contribution < -0.4 is 0 Å². The van der Waals surface area contributed by atoms with E-state index in [4.69, 9.17) is 0 Å². The zero-order valence-corrected chi connectivity index (χ0v) is 14.7. The molecule has 0 aromatic heterocycles. The summed E-state index contributed by atoms with van der Waals surface area (Å²) in [6, 6.07) is 10.9. The molecule has 0 saturated carbocycles. The molecule has 0 nitrogen and oxygen atoms in total. The lowest BCUT2D eigenvalue weighted by molar-refractivity contribution is 0.571. The van der Waals surface area contributed by atoms with Crippen LogP contribution in [0.1, 0.15) is 5.56 Å². The van der Waals surface area contributed by atoms with Crippen LogP contribution in [-0.4, -0.2) is 0 Å². The first kappa shape index (κ1) is 17.0. The van der Waals surface area contributed by atoms with Crippen LogP contribution in [0.5, 0.6) is 0 Å². The minimum Gasteiger partial charge on any atom is -0.206 e. The number of rotatable bonds is 2. The topological polar surface area (TPSA) is 0 Å². The van der Waals surface area contributed by atoms with Crippen molar-refractivity contribution in [1.29, 1.82) is 0 Å². The lowest BCUT2D eigenvalue weighted by Crippen LogP contribution is -1.93. The van der Waals surface area contributed by atoms with Gasteiger partial charge >= 0.3 is 0 Å². The second kappa shape index (κ2) is 6.55. The molecule has 0 saturated heterocycles. The highest BCUT2D eigenvalue weighted by Crippen LogP contribution is 2.31. The number of benzene rings is 3. The van der Waals surface area contributed by atoms with Crippen LogP contribution in [0.2, 0.25) is 0 Å². The highest BCUT2D eigenvalue weighted by Gasteiger charge is 2.14. The van der Waals surface area contributed by atoms with Gasteiger partial charge in [-0.15, -0.1) is 0 Å². The molecular weight excluding hydrogens is 431 g/mol. The molecule has 0 aliphatic rings.